The van der Waals surface area contributed by atoms with Crippen molar-refractivity contribution in [1.29, 1.82) is 0 Å². The molecule has 1 N–H and O–H groups in total. The fourth-order valence-corrected chi connectivity index (χ4v) is 5.80. The number of anilines is 1. The standard InChI is InChI=1S/C30H29FN4O3/c1-18(2)15-25(34(4)27(36)21-13-14-23(31)20-10-6-5-9-19(20)21)28(37)35-17-30(16-26(35)32-3)22-11-7-8-12-24(22)33-29(30)38/h5-14,18,25-26H,15-17H2,1-2,4H3,(H,33,38)/t25-,26-,30-/m0/s1. The van der Waals surface area contributed by atoms with Crippen molar-refractivity contribution in [2.24, 2.45) is 5.92 Å². The Balaban J connectivity index is 1.49. The van der Waals surface area contributed by atoms with Gasteiger partial charge in [0.1, 0.15) is 17.3 Å². The number of para-hydroxylation sites is 1. The summed E-state index contributed by atoms with van der Waals surface area (Å²) in [4.78, 5) is 47.6. The van der Waals surface area contributed by atoms with E-state index in [-0.39, 0.29) is 30.7 Å². The summed E-state index contributed by atoms with van der Waals surface area (Å²) < 4.78 is 14.4. The van der Waals surface area contributed by atoms with Gasteiger partial charge in [0.25, 0.3) is 11.8 Å². The lowest BCUT2D eigenvalue weighted by molar-refractivity contribution is -0.136. The van der Waals surface area contributed by atoms with Gasteiger partial charge in [0, 0.05) is 30.2 Å². The van der Waals surface area contributed by atoms with Gasteiger partial charge in [0.15, 0.2) is 0 Å². The van der Waals surface area contributed by atoms with Crippen LogP contribution < -0.4 is 5.32 Å². The van der Waals surface area contributed by atoms with Gasteiger partial charge in [-0.15, -0.1) is 0 Å². The van der Waals surface area contributed by atoms with Crippen molar-refractivity contribution in [3.8, 4) is 0 Å². The Labute approximate surface area is 221 Å². The van der Waals surface area contributed by atoms with Crippen LogP contribution in [0, 0.1) is 18.3 Å². The first kappa shape index (κ1) is 25.4. The molecule has 0 unspecified atom stereocenters. The Hall–Kier alpha value is -4.25. The summed E-state index contributed by atoms with van der Waals surface area (Å²) in [6.07, 6.45) is -0.263. The molecule has 194 valence electrons. The number of benzene rings is 3. The molecule has 3 atom stereocenters. The van der Waals surface area contributed by atoms with Gasteiger partial charge >= 0.3 is 6.17 Å². The predicted molar refractivity (Wildman–Crippen MR) is 143 cm³/mol. The second-order valence-corrected chi connectivity index (χ2v) is 10.6. The zero-order valence-corrected chi connectivity index (χ0v) is 21.6. The molecule has 0 radical (unpaired) electrons. The van der Waals surface area contributed by atoms with E-state index < -0.39 is 29.3 Å². The molecule has 1 spiro atoms. The molecule has 5 rings (SSSR count). The molecule has 0 bridgehead atoms. The molecule has 38 heavy (non-hydrogen) atoms. The third-order valence-corrected chi connectivity index (χ3v) is 7.76. The number of halogens is 1. The number of hydrogen-bond acceptors (Lipinski definition) is 3. The molecule has 1 fully saturated rings. The van der Waals surface area contributed by atoms with Crippen molar-refractivity contribution in [3.05, 3.63) is 89.0 Å². The minimum Gasteiger partial charge on any atom is -0.330 e. The van der Waals surface area contributed by atoms with Crippen molar-refractivity contribution in [3.63, 3.8) is 0 Å². The predicted octanol–water partition coefficient (Wildman–Crippen LogP) is 4.83. The third kappa shape index (κ3) is 3.99. The van der Waals surface area contributed by atoms with Crippen molar-refractivity contribution in [2.75, 3.05) is 18.9 Å². The highest BCUT2D eigenvalue weighted by Crippen LogP contribution is 2.47. The number of carbonyl (C=O) groups excluding carboxylic acids is 3. The van der Waals surface area contributed by atoms with E-state index in [1.165, 1.54) is 21.9 Å². The van der Waals surface area contributed by atoms with E-state index in [1.54, 1.807) is 31.3 Å². The molecule has 2 aliphatic rings. The largest absolute Gasteiger partial charge is 0.330 e. The minimum atomic E-state index is -1.00. The fourth-order valence-electron chi connectivity index (χ4n) is 5.80. The maximum atomic E-state index is 14.4. The molecule has 2 aliphatic heterocycles. The first-order valence-corrected chi connectivity index (χ1v) is 12.7. The lowest BCUT2D eigenvalue weighted by Crippen LogP contribution is -2.51. The molecular formula is C30H29FN4O3. The summed E-state index contributed by atoms with van der Waals surface area (Å²) in [7, 11) is 1.57. The van der Waals surface area contributed by atoms with Crippen molar-refractivity contribution < 1.29 is 18.8 Å². The number of rotatable bonds is 5. The van der Waals surface area contributed by atoms with Crippen LogP contribution in [0.1, 0.15) is 42.6 Å². The van der Waals surface area contributed by atoms with Crippen LogP contribution in [-0.2, 0) is 15.0 Å². The lowest BCUT2D eigenvalue weighted by atomic mass is 9.80. The molecule has 1 saturated heterocycles. The molecule has 3 aromatic rings. The van der Waals surface area contributed by atoms with Gasteiger partial charge in [0.2, 0.25) is 5.91 Å². The van der Waals surface area contributed by atoms with Crippen molar-refractivity contribution in [1.82, 2.24) is 9.80 Å². The van der Waals surface area contributed by atoms with E-state index in [9.17, 15) is 18.8 Å². The van der Waals surface area contributed by atoms with Crippen LogP contribution in [0.15, 0.2) is 60.7 Å². The summed E-state index contributed by atoms with van der Waals surface area (Å²) in [5, 5.41) is 3.71. The van der Waals surface area contributed by atoms with Crippen LogP contribution in [0.2, 0.25) is 0 Å². The summed E-state index contributed by atoms with van der Waals surface area (Å²) >= 11 is 0. The first-order valence-electron chi connectivity index (χ1n) is 12.7. The molecular weight excluding hydrogens is 483 g/mol. The van der Waals surface area contributed by atoms with Gasteiger partial charge < -0.3 is 10.2 Å². The molecule has 0 aromatic heterocycles. The minimum absolute atomic E-state index is 0.0673. The highest BCUT2D eigenvalue weighted by atomic mass is 19.1. The number of fused-ring (bicyclic) bond motifs is 3. The average Bonchev–Trinajstić information content (AvgIpc) is 3.44. The monoisotopic (exact) mass is 512 g/mol. The zero-order chi connectivity index (χ0) is 27.2. The number of nitrogens with zero attached hydrogens (tertiary/aromatic N) is 3. The van der Waals surface area contributed by atoms with Crippen LogP contribution in [0.4, 0.5) is 10.1 Å². The maximum absolute atomic E-state index is 14.4. The quantitative estimate of drug-likeness (QED) is 0.498. The fraction of sp³-hybridized carbons (Fsp3) is 0.333. The normalized spacial score (nSPS) is 20.9. The molecule has 2 heterocycles. The zero-order valence-electron chi connectivity index (χ0n) is 21.6. The van der Waals surface area contributed by atoms with Gasteiger partial charge in [-0.25, -0.2) is 11.0 Å². The Kier molecular flexibility index (Phi) is 6.39. The summed E-state index contributed by atoms with van der Waals surface area (Å²) in [5.74, 6) is -1.34. The van der Waals surface area contributed by atoms with Gasteiger partial charge in [-0.2, -0.15) is 0 Å². The van der Waals surface area contributed by atoms with Gasteiger partial charge in [0.05, 0.1) is 6.42 Å². The summed E-state index contributed by atoms with van der Waals surface area (Å²) in [6, 6.07) is 16.0. The van der Waals surface area contributed by atoms with E-state index in [4.69, 9.17) is 6.57 Å². The number of hydrogen-bond donors (Lipinski definition) is 1. The highest BCUT2D eigenvalue weighted by molar-refractivity contribution is 6.09. The lowest BCUT2D eigenvalue weighted by Gasteiger charge is -2.32. The smallest absolute Gasteiger partial charge is 0.302 e. The third-order valence-electron chi connectivity index (χ3n) is 7.76. The van der Waals surface area contributed by atoms with Gasteiger partial charge in [-0.05, 0) is 41.5 Å². The van der Waals surface area contributed by atoms with E-state index in [0.717, 1.165) is 5.56 Å². The van der Waals surface area contributed by atoms with E-state index in [0.29, 0.717) is 28.4 Å². The van der Waals surface area contributed by atoms with Crippen LogP contribution >= 0.6 is 0 Å². The van der Waals surface area contributed by atoms with Crippen LogP contribution in [-0.4, -0.2) is 53.3 Å². The second-order valence-electron chi connectivity index (χ2n) is 10.6. The Bertz CT molecular complexity index is 1500. The van der Waals surface area contributed by atoms with Gasteiger partial charge in [-0.3, -0.25) is 24.1 Å². The number of nitrogens with one attached hydrogen (secondary N) is 1. The van der Waals surface area contributed by atoms with Crippen LogP contribution in [0.5, 0.6) is 0 Å². The number of likely N-dealkylation sites (tertiary alicyclic amines) is 1. The Morgan fingerprint density at radius 2 is 1.82 bits per heavy atom. The van der Waals surface area contributed by atoms with E-state index in [1.807, 2.05) is 38.1 Å². The Morgan fingerprint density at radius 3 is 2.53 bits per heavy atom. The second kappa shape index (κ2) is 9.56. The highest BCUT2D eigenvalue weighted by Gasteiger charge is 2.59. The van der Waals surface area contributed by atoms with Crippen LogP contribution in [0.3, 0.4) is 0 Å². The molecule has 0 saturated carbocycles. The molecule has 3 amide bonds. The Morgan fingerprint density at radius 1 is 1.13 bits per heavy atom. The number of carbonyl (C=O) groups is 3. The molecule has 7 nitrogen and oxygen atoms in total. The topological polar surface area (TPSA) is 74.1 Å². The molecule has 0 aliphatic carbocycles. The maximum Gasteiger partial charge on any atom is 0.302 e. The molecule has 8 heteroatoms. The average molecular weight is 513 g/mol. The van der Waals surface area contributed by atoms with Crippen molar-refractivity contribution >= 4 is 34.2 Å². The first-order chi connectivity index (χ1) is 18.2. The molecule has 3 aromatic carbocycles. The SMILES string of the molecule is [C-]#[N+][C@@H]1C[C@@]2(CN1C(=O)[C@H](CC(C)C)N(C)C(=O)c1ccc(F)c3ccccc13)C(=O)Nc1ccccc12. The number of likely N-dealkylation sites (N-methyl/N-ethyl adjacent to an activating group) is 1. The number of amides is 3. The van der Waals surface area contributed by atoms with Crippen molar-refractivity contribution in [2.45, 2.75) is 44.3 Å². The van der Waals surface area contributed by atoms with Crippen LogP contribution in [0.25, 0.3) is 15.6 Å². The summed E-state index contributed by atoms with van der Waals surface area (Å²) in [5.41, 5.74) is 0.788. The van der Waals surface area contributed by atoms with Gasteiger partial charge in [-0.1, -0.05) is 56.3 Å². The van der Waals surface area contributed by atoms with E-state index >= 15 is 0 Å². The summed E-state index contributed by atoms with van der Waals surface area (Å²) in [6.45, 7) is 11.8. The van der Waals surface area contributed by atoms with E-state index in [2.05, 4.69) is 10.2 Å².